The molecule has 2 heterocycles. The normalized spacial score (nSPS) is 20.4. The van der Waals surface area contributed by atoms with Gasteiger partial charge in [-0.3, -0.25) is 4.79 Å². The molecule has 1 aliphatic carbocycles. The van der Waals surface area contributed by atoms with Crippen molar-refractivity contribution in [3.05, 3.63) is 87.6 Å². The number of aromatic nitrogens is 2. The Hall–Kier alpha value is -3.38. The number of nitrogens with one attached hydrogen (secondary N) is 1. The molecule has 2 aromatic carbocycles. The lowest BCUT2D eigenvalue weighted by atomic mass is 9.72. The van der Waals surface area contributed by atoms with E-state index < -0.39 is 0 Å². The number of ketones is 1. The van der Waals surface area contributed by atoms with Gasteiger partial charge in [-0.1, -0.05) is 54.1 Å². The predicted molar refractivity (Wildman–Crippen MR) is 118 cm³/mol. The van der Waals surface area contributed by atoms with Crippen LogP contribution in [-0.2, 0) is 4.79 Å². The highest BCUT2D eigenvalue weighted by atomic mass is 35.5. The molecule has 3 aromatic rings. The van der Waals surface area contributed by atoms with Crippen LogP contribution in [0.3, 0.4) is 0 Å². The number of benzene rings is 2. The third kappa shape index (κ3) is 3.09. The zero-order valence-electron chi connectivity index (χ0n) is 16.1. The number of nitrogens with two attached hydrogens (primary N) is 2. The molecule has 7 heteroatoms. The van der Waals surface area contributed by atoms with E-state index in [2.05, 4.69) is 27.4 Å². The molecule has 0 fully saturated rings. The van der Waals surface area contributed by atoms with Gasteiger partial charge >= 0.3 is 0 Å². The minimum Gasteiger partial charge on any atom is -0.383 e. The minimum absolute atomic E-state index is 0.0967. The molecule has 0 spiro atoms. The summed E-state index contributed by atoms with van der Waals surface area (Å²) in [5.74, 6) is 0.765. The summed E-state index contributed by atoms with van der Waals surface area (Å²) in [4.78, 5) is 22.0. The molecule has 0 unspecified atom stereocenters. The van der Waals surface area contributed by atoms with Gasteiger partial charge in [-0.2, -0.15) is 9.97 Å². The highest BCUT2D eigenvalue weighted by Gasteiger charge is 2.40. The van der Waals surface area contributed by atoms with Crippen LogP contribution in [0, 0.1) is 0 Å². The van der Waals surface area contributed by atoms with Gasteiger partial charge in [-0.15, -0.1) is 0 Å². The first-order valence-electron chi connectivity index (χ1n) is 9.78. The van der Waals surface area contributed by atoms with Crippen molar-refractivity contribution >= 4 is 35.0 Å². The largest absolute Gasteiger partial charge is 0.383 e. The van der Waals surface area contributed by atoms with E-state index in [4.69, 9.17) is 23.1 Å². The molecule has 0 radical (unpaired) electrons. The van der Waals surface area contributed by atoms with Gasteiger partial charge in [0.15, 0.2) is 5.78 Å². The minimum atomic E-state index is -0.363. The van der Waals surface area contributed by atoms with Crippen LogP contribution >= 0.6 is 11.6 Å². The van der Waals surface area contributed by atoms with Gasteiger partial charge in [0.05, 0.1) is 0 Å². The number of nitrogens with zero attached hydrogens (tertiary/aromatic N) is 2. The van der Waals surface area contributed by atoms with E-state index in [0.29, 0.717) is 29.2 Å². The van der Waals surface area contributed by atoms with Crippen LogP contribution < -0.4 is 16.8 Å². The topological polar surface area (TPSA) is 107 Å². The Bertz CT molecular complexity index is 1170. The number of hydrogen-bond donors (Lipinski definition) is 3. The molecule has 5 rings (SSSR count). The van der Waals surface area contributed by atoms with E-state index in [1.807, 2.05) is 42.5 Å². The number of rotatable bonds is 2. The summed E-state index contributed by atoms with van der Waals surface area (Å²) >= 11 is 6.10. The third-order valence-corrected chi connectivity index (χ3v) is 6.07. The molecule has 0 bridgehead atoms. The van der Waals surface area contributed by atoms with E-state index in [-0.39, 0.29) is 29.4 Å². The van der Waals surface area contributed by atoms with Crippen LogP contribution in [0.1, 0.15) is 41.4 Å². The SMILES string of the molecule is Nc1nc(N)c2c(n1)NC1=C(C(=O)C[C@H](c3ccccc3)C1)[C@H]2c1ccc(Cl)cc1. The summed E-state index contributed by atoms with van der Waals surface area (Å²) in [6, 6.07) is 17.6. The second-order valence-electron chi connectivity index (χ2n) is 7.67. The molecule has 6 nitrogen and oxygen atoms in total. The summed E-state index contributed by atoms with van der Waals surface area (Å²) in [6.07, 6.45) is 1.15. The van der Waals surface area contributed by atoms with Crippen molar-refractivity contribution in [2.75, 3.05) is 16.8 Å². The molecule has 0 saturated carbocycles. The Morgan fingerprint density at radius 3 is 2.40 bits per heavy atom. The molecule has 150 valence electrons. The zero-order chi connectivity index (χ0) is 20.8. The smallest absolute Gasteiger partial charge is 0.223 e. The lowest BCUT2D eigenvalue weighted by Gasteiger charge is -2.36. The maximum Gasteiger partial charge on any atom is 0.223 e. The number of hydrogen-bond acceptors (Lipinski definition) is 6. The molecule has 2 aliphatic rings. The van der Waals surface area contributed by atoms with E-state index in [9.17, 15) is 4.79 Å². The Morgan fingerprint density at radius 2 is 1.67 bits per heavy atom. The van der Waals surface area contributed by atoms with Crippen molar-refractivity contribution in [3.8, 4) is 0 Å². The second-order valence-corrected chi connectivity index (χ2v) is 8.11. The van der Waals surface area contributed by atoms with Crippen molar-refractivity contribution in [3.63, 3.8) is 0 Å². The molecule has 0 saturated heterocycles. The summed E-state index contributed by atoms with van der Waals surface area (Å²) in [6.45, 7) is 0. The number of anilines is 3. The summed E-state index contributed by atoms with van der Waals surface area (Å²) in [7, 11) is 0. The predicted octanol–water partition coefficient (Wildman–Crippen LogP) is 4.25. The second kappa shape index (κ2) is 7.15. The Morgan fingerprint density at radius 1 is 0.933 bits per heavy atom. The van der Waals surface area contributed by atoms with Crippen LogP contribution in [0.2, 0.25) is 5.02 Å². The first-order valence-corrected chi connectivity index (χ1v) is 10.2. The van der Waals surface area contributed by atoms with E-state index >= 15 is 0 Å². The average molecular weight is 418 g/mol. The van der Waals surface area contributed by atoms with Gasteiger partial charge in [0.25, 0.3) is 0 Å². The maximum atomic E-state index is 13.4. The maximum absolute atomic E-state index is 13.4. The van der Waals surface area contributed by atoms with Crippen molar-refractivity contribution in [2.45, 2.75) is 24.7 Å². The Kier molecular flexibility index (Phi) is 4.44. The van der Waals surface area contributed by atoms with Gasteiger partial charge < -0.3 is 16.8 Å². The van der Waals surface area contributed by atoms with Gasteiger partial charge in [-0.05, 0) is 35.6 Å². The number of allylic oxidation sites excluding steroid dienone is 2. The van der Waals surface area contributed by atoms with Crippen molar-refractivity contribution in [2.24, 2.45) is 0 Å². The number of carbonyl (C=O) groups excluding carboxylic acids is 1. The monoisotopic (exact) mass is 417 g/mol. The standard InChI is InChI=1S/C23H20ClN5O/c24-15-8-6-13(7-9-15)18-19-16(27-22-20(18)21(25)28-23(26)29-22)10-14(11-17(19)30)12-4-2-1-3-5-12/h1-9,14,18H,10-11H2,(H5,25,26,27,28,29)/t14-,18-/m1/s1. The van der Waals surface area contributed by atoms with Crippen molar-refractivity contribution in [1.82, 2.24) is 9.97 Å². The van der Waals surface area contributed by atoms with Crippen LogP contribution in [0.25, 0.3) is 0 Å². The van der Waals surface area contributed by atoms with E-state index in [1.165, 1.54) is 0 Å². The molecule has 1 aliphatic heterocycles. The first kappa shape index (κ1) is 18.6. The molecule has 5 N–H and O–H groups in total. The number of Topliss-reactive ketones (excluding diaryl/α,β-unsaturated/α-hetero) is 1. The highest BCUT2D eigenvalue weighted by Crippen LogP contribution is 2.49. The van der Waals surface area contributed by atoms with Gasteiger partial charge in [0.1, 0.15) is 11.6 Å². The molecular weight excluding hydrogens is 398 g/mol. The van der Waals surface area contributed by atoms with Gasteiger partial charge in [0, 0.05) is 34.2 Å². The van der Waals surface area contributed by atoms with Gasteiger partial charge in [0.2, 0.25) is 5.95 Å². The lowest BCUT2D eigenvalue weighted by Crippen LogP contribution is -2.31. The summed E-state index contributed by atoms with van der Waals surface area (Å²) < 4.78 is 0. The van der Waals surface area contributed by atoms with Crippen LogP contribution in [0.15, 0.2) is 65.9 Å². The number of carbonyl (C=O) groups is 1. The fraction of sp³-hybridized carbons (Fsp3) is 0.174. The summed E-state index contributed by atoms with van der Waals surface area (Å²) in [5, 5.41) is 3.97. The van der Waals surface area contributed by atoms with E-state index in [1.54, 1.807) is 0 Å². The Balaban J connectivity index is 1.67. The van der Waals surface area contributed by atoms with Crippen LogP contribution in [0.5, 0.6) is 0 Å². The zero-order valence-corrected chi connectivity index (χ0v) is 16.9. The van der Waals surface area contributed by atoms with Crippen molar-refractivity contribution in [1.29, 1.82) is 0 Å². The fourth-order valence-electron chi connectivity index (χ4n) is 4.51. The number of halogens is 1. The lowest BCUT2D eigenvalue weighted by molar-refractivity contribution is -0.116. The quantitative estimate of drug-likeness (QED) is 0.575. The summed E-state index contributed by atoms with van der Waals surface area (Å²) in [5.41, 5.74) is 16.4. The third-order valence-electron chi connectivity index (χ3n) is 5.82. The molecule has 30 heavy (non-hydrogen) atoms. The van der Waals surface area contributed by atoms with Gasteiger partial charge in [-0.25, -0.2) is 0 Å². The average Bonchev–Trinajstić information content (AvgIpc) is 2.73. The molecule has 2 atom stereocenters. The fourth-order valence-corrected chi connectivity index (χ4v) is 4.63. The van der Waals surface area contributed by atoms with Crippen LogP contribution in [0.4, 0.5) is 17.6 Å². The van der Waals surface area contributed by atoms with Crippen molar-refractivity contribution < 1.29 is 4.79 Å². The number of nitrogen functional groups attached to an aromatic ring is 2. The van der Waals surface area contributed by atoms with Crippen LogP contribution in [-0.4, -0.2) is 15.8 Å². The first-order chi connectivity index (χ1) is 14.5. The Labute approximate surface area is 179 Å². The number of fused-ring (bicyclic) bond motifs is 1. The van der Waals surface area contributed by atoms with E-state index in [0.717, 1.165) is 22.4 Å². The molecule has 1 aromatic heterocycles. The highest BCUT2D eigenvalue weighted by molar-refractivity contribution is 6.30. The molecule has 0 amide bonds. The molecular formula is C23H20ClN5O.